The highest BCUT2D eigenvalue weighted by Gasteiger charge is 2.43. The number of hydrogen-bond donors (Lipinski definition) is 2. The molecule has 0 heterocycles. The Bertz CT molecular complexity index is 306. The summed E-state index contributed by atoms with van der Waals surface area (Å²) in [5.74, 6) is 0.521. The van der Waals surface area contributed by atoms with Gasteiger partial charge in [-0.05, 0) is 57.0 Å². The van der Waals surface area contributed by atoms with Crippen molar-refractivity contribution in [1.82, 2.24) is 4.90 Å². The van der Waals surface area contributed by atoms with Crippen molar-refractivity contribution < 1.29 is 9.90 Å². The summed E-state index contributed by atoms with van der Waals surface area (Å²) in [6, 6.07) is 0.341. The SMILES string of the molecule is CC(C)CCN(CCC(C)C)C1CCC(N)(C(=O)O)C1. The highest BCUT2D eigenvalue weighted by molar-refractivity contribution is 5.79. The minimum absolute atomic E-state index is 0.341. The molecule has 118 valence electrons. The maximum Gasteiger partial charge on any atom is 0.323 e. The lowest BCUT2D eigenvalue weighted by Crippen LogP contribution is -2.47. The number of carboxylic acid groups (broad SMARTS) is 1. The van der Waals surface area contributed by atoms with Crippen LogP contribution in [0.2, 0.25) is 0 Å². The van der Waals surface area contributed by atoms with E-state index in [0.29, 0.717) is 30.7 Å². The van der Waals surface area contributed by atoms with Gasteiger partial charge in [0.2, 0.25) is 0 Å². The summed E-state index contributed by atoms with van der Waals surface area (Å²) in [5.41, 5.74) is 5.01. The van der Waals surface area contributed by atoms with Gasteiger partial charge in [0.1, 0.15) is 5.54 Å². The molecular weight excluding hydrogens is 252 g/mol. The Morgan fingerprint density at radius 2 is 1.75 bits per heavy atom. The maximum absolute atomic E-state index is 11.3. The van der Waals surface area contributed by atoms with Crippen molar-refractivity contribution in [2.75, 3.05) is 13.1 Å². The number of nitrogens with zero attached hydrogens (tertiary/aromatic N) is 1. The van der Waals surface area contributed by atoms with Crippen LogP contribution in [0.15, 0.2) is 0 Å². The molecule has 4 heteroatoms. The van der Waals surface area contributed by atoms with Crippen molar-refractivity contribution in [2.24, 2.45) is 17.6 Å². The van der Waals surface area contributed by atoms with E-state index in [0.717, 1.165) is 19.5 Å². The number of carbonyl (C=O) groups is 1. The van der Waals surface area contributed by atoms with Gasteiger partial charge in [0.15, 0.2) is 0 Å². The van der Waals surface area contributed by atoms with E-state index >= 15 is 0 Å². The molecular formula is C16H32N2O2. The van der Waals surface area contributed by atoms with Crippen LogP contribution >= 0.6 is 0 Å². The third kappa shape index (κ3) is 5.06. The molecule has 0 aromatic rings. The largest absolute Gasteiger partial charge is 0.480 e. The molecule has 0 saturated heterocycles. The second-order valence-electron chi connectivity index (χ2n) is 7.26. The van der Waals surface area contributed by atoms with Gasteiger partial charge >= 0.3 is 5.97 Å². The summed E-state index contributed by atoms with van der Waals surface area (Å²) in [4.78, 5) is 13.8. The summed E-state index contributed by atoms with van der Waals surface area (Å²) in [6.07, 6.45) is 4.45. The first-order valence-electron chi connectivity index (χ1n) is 8.01. The first-order chi connectivity index (χ1) is 9.24. The van der Waals surface area contributed by atoms with Crippen molar-refractivity contribution >= 4 is 5.97 Å². The van der Waals surface area contributed by atoms with Gasteiger partial charge in [0.25, 0.3) is 0 Å². The van der Waals surface area contributed by atoms with Crippen LogP contribution in [0.4, 0.5) is 0 Å². The fourth-order valence-electron chi connectivity index (χ4n) is 2.88. The van der Waals surface area contributed by atoms with E-state index in [-0.39, 0.29) is 0 Å². The molecule has 1 saturated carbocycles. The standard InChI is InChI=1S/C16H32N2O2/c1-12(2)6-9-18(10-7-13(3)4)14-5-8-16(17,11-14)15(19)20/h12-14H,5-11,17H2,1-4H3,(H,19,20). The van der Waals surface area contributed by atoms with Gasteiger partial charge in [-0.15, -0.1) is 0 Å². The first-order valence-corrected chi connectivity index (χ1v) is 8.01. The van der Waals surface area contributed by atoms with E-state index in [9.17, 15) is 9.90 Å². The van der Waals surface area contributed by atoms with Crippen LogP contribution in [0.3, 0.4) is 0 Å². The van der Waals surface area contributed by atoms with Crippen LogP contribution < -0.4 is 5.73 Å². The van der Waals surface area contributed by atoms with Gasteiger partial charge in [0, 0.05) is 6.04 Å². The highest BCUT2D eigenvalue weighted by atomic mass is 16.4. The molecule has 3 N–H and O–H groups in total. The molecule has 4 nitrogen and oxygen atoms in total. The van der Waals surface area contributed by atoms with Gasteiger partial charge in [-0.1, -0.05) is 27.7 Å². The Kier molecular flexibility index (Phi) is 6.46. The van der Waals surface area contributed by atoms with Crippen LogP contribution in [0, 0.1) is 11.8 Å². The van der Waals surface area contributed by atoms with Crippen molar-refractivity contribution in [2.45, 2.75) is 71.4 Å². The van der Waals surface area contributed by atoms with Crippen molar-refractivity contribution in [3.8, 4) is 0 Å². The van der Waals surface area contributed by atoms with Gasteiger partial charge in [-0.2, -0.15) is 0 Å². The van der Waals surface area contributed by atoms with Gasteiger partial charge in [0.05, 0.1) is 0 Å². The molecule has 0 aromatic carbocycles. The highest BCUT2D eigenvalue weighted by Crippen LogP contribution is 2.32. The second kappa shape index (κ2) is 7.41. The lowest BCUT2D eigenvalue weighted by Gasteiger charge is -2.31. The number of nitrogens with two attached hydrogens (primary N) is 1. The van der Waals surface area contributed by atoms with Crippen LogP contribution in [0.1, 0.15) is 59.8 Å². The smallest absolute Gasteiger partial charge is 0.323 e. The van der Waals surface area contributed by atoms with Gasteiger partial charge in [-0.25, -0.2) is 0 Å². The Labute approximate surface area is 123 Å². The van der Waals surface area contributed by atoms with E-state index in [1.807, 2.05) is 0 Å². The minimum Gasteiger partial charge on any atom is -0.480 e. The summed E-state index contributed by atoms with van der Waals surface area (Å²) >= 11 is 0. The van der Waals surface area contributed by atoms with E-state index in [2.05, 4.69) is 32.6 Å². The van der Waals surface area contributed by atoms with E-state index in [1.165, 1.54) is 12.8 Å². The summed E-state index contributed by atoms with van der Waals surface area (Å²) in [5, 5.41) is 9.26. The van der Waals surface area contributed by atoms with Crippen molar-refractivity contribution in [1.29, 1.82) is 0 Å². The average Bonchev–Trinajstić information content (AvgIpc) is 2.72. The number of carboxylic acids is 1. The van der Waals surface area contributed by atoms with E-state index in [1.54, 1.807) is 0 Å². The number of aliphatic carboxylic acids is 1. The zero-order chi connectivity index (χ0) is 15.3. The topological polar surface area (TPSA) is 66.6 Å². The summed E-state index contributed by atoms with van der Waals surface area (Å²) < 4.78 is 0. The molecule has 0 aliphatic heterocycles. The Balaban J connectivity index is 2.61. The minimum atomic E-state index is -1.00. The second-order valence-corrected chi connectivity index (χ2v) is 7.26. The number of hydrogen-bond acceptors (Lipinski definition) is 3. The average molecular weight is 284 g/mol. The Hall–Kier alpha value is -0.610. The number of rotatable bonds is 8. The molecule has 0 spiro atoms. The molecule has 0 aromatic heterocycles. The zero-order valence-electron chi connectivity index (χ0n) is 13.6. The molecule has 1 fully saturated rings. The third-order valence-electron chi connectivity index (χ3n) is 4.45. The van der Waals surface area contributed by atoms with Crippen LogP contribution in [0.25, 0.3) is 0 Å². The van der Waals surface area contributed by atoms with Crippen molar-refractivity contribution in [3.63, 3.8) is 0 Å². The predicted molar refractivity (Wildman–Crippen MR) is 82.7 cm³/mol. The molecule has 0 amide bonds. The monoisotopic (exact) mass is 284 g/mol. The van der Waals surface area contributed by atoms with Gasteiger partial charge < -0.3 is 15.7 Å². The van der Waals surface area contributed by atoms with Crippen LogP contribution in [-0.4, -0.2) is 40.6 Å². The molecule has 1 aliphatic rings. The fourth-order valence-corrected chi connectivity index (χ4v) is 2.88. The van der Waals surface area contributed by atoms with E-state index < -0.39 is 11.5 Å². The molecule has 1 aliphatic carbocycles. The van der Waals surface area contributed by atoms with Crippen molar-refractivity contribution in [3.05, 3.63) is 0 Å². The molecule has 0 bridgehead atoms. The Morgan fingerprint density at radius 1 is 1.25 bits per heavy atom. The molecule has 20 heavy (non-hydrogen) atoms. The lowest BCUT2D eigenvalue weighted by molar-refractivity contribution is -0.143. The molecule has 2 atom stereocenters. The first kappa shape index (κ1) is 17.4. The predicted octanol–water partition coefficient (Wildman–Crippen LogP) is 2.72. The summed E-state index contributed by atoms with van der Waals surface area (Å²) in [7, 11) is 0. The van der Waals surface area contributed by atoms with E-state index in [4.69, 9.17) is 5.73 Å². The molecule has 0 radical (unpaired) electrons. The zero-order valence-corrected chi connectivity index (χ0v) is 13.6. The fraction of sp³-hybridized carbons (Fsp3) is 0.938. The molecule has 1 rings (SSSR count). The van der Waals surface area contributed by atoms with Crippen LogP contribution in [-0.2, 0) is 4.79 Å². The summed E-state index contributed by atoms with van der Waals surface area (Å²) in [6.45, 7) is 11.1. The molecule has 2 unspecified atom stereocenters. The third-order valence-corrected chi connectivity index (χ3v) is 4.45. The lowest BCUT2D eigenvalue weighted by atomic mass is 9.99. The Morgan fingerprint density at radius 3 is 2.10 bits per heavy atom. The van der Waals surface area contributed by atoms with Gasteiger partial charge in [-0.3, -0.25) is 4.79 Å². The quantitative estimate of drug-likeness (QED) is 0.719. The maximum atomic E-state index is 11.3. The van der Waals surface area contributed by atoms with Crippen LogP contribution in [0.5, 0.6) is 0 Å². The normalized spacial score (nSPS) is 26.9.